The molecule has 0 saturated heterocycles. The maximum Gasteiger partial charge on any atom is 0.251 e. The van der Waals surface area contributed by atoms with Crippen LogP contribution in [0.1, 0.15) is 36.7 Å². The van der Waals surface area contributed by atoms with Crippen LogP contribution in [0.2, 0.25) is 5.02 Å². The highest BCUT2D eigenvalue weighted by atomic mass is 35.5. The first-order valence-electron chi connectivity index (χ1n) is 9.24. The van der Waals surface area contributed by atoms with Gasteiger partial charge in [-0.15, -0.1) is 0 Å². The van der Waals surface area contributed by atoms with Gasteiger partial charge in [-0.25, -0.2) is 0 Å². The van der Waals surface area contributed by atoms with E-state index in [-0.39, 0.29) is 36.2 Å². The van der Waals surface area contributed by atoms with Crippen molar-refractivity contribution in [2.75, 3.05) is 25.5 Å². The van der Waals surface area contributed by atoms with Crippen LogP contribution in [0.5, 0.6) is 0 Å². The number of carbonyl (C=O) groups excluding carboxylic acids is 3. The maximum atomic E-state index is 12.3. The van der Waals surface area contributed by atoms with Gasteiger partial charge in [0.15, 0.2) is 0 Å². The fourth-order valence-corrected chi connectivity index (χ4v) is 2.68. The number of nitrogens with one attached hydrogen (secondary N) is 2. The van der Waals surface area contributed by atoms with Crippen molar-refractivity contribution in [1.82, 2.24) is 10.2 Å². The van der Waals surface area contributed by atoms with Crippen LogP contribution in [0.4, 0.5) is 5.69 Å². The van der Waals surface area contributed by atoms with E-state index >= 15 is 0 Å². The van der Waals surface area contributed by atoms with Crippen LogP contribution >= 0.6 is 11.6 Å². The monoisotopic (exact) mass is 415 g/mol. The average molecular weight is 416 g/mol. The number of likely N-dealkylation sites (N-methyl/N-ethyl adjacent to an activating group) is 1. The lowest BCUT2D eigenvalue weighted by Gasteiger charge is -2.19. The normalized spacial score (nSPS) is 10.9. The molecule has 29 heavy (non-hydrogen) atoms. The molecule has 0 aliphatic heterocycles. The van der Waals surface area contributed by atoms with Gasteiger partial charge in [0.25, 0.3) is 5.91 Å². The highest BCUT2D eigenvalue weighted by Gasteiger charge is 2.16. The second kappa shape index (κ2) is 9.56. The van der Waals surface area contributed by atoms with Gasteiger partial charge in [-0.1, -0.05) is 44.5 Å². The standard InChI is InChI=1S/C22H26ClN3O3/c1-22(2,3)16-7-5-15(6-8-16)21(29)24-13-20(28)26(4)14-19(27)25-18-11-9-17(23)10-12-18/h5-12H,13-14H2,1-4H3,(H,24,29)(H,25,27). The molecule has 0 radical (unpaired) electrons. The zero-order valence-electron chi connectivity index (χ0n) is 17.1. The van der Waals surface area contributed by atoms with E-state index in [0.717, 1.165) is 5.56 Å². The molecule has 0 aromatic heterocycles. The summed E-state index contributed by atoms with van der Waals surface area (Å²) in [6.07, 6.45) is 0. The van der Waals surface area contributed by atoms with Crippen LogP contribution in [0.15, 0.2) is 48.5 Å². The number of halogens is 1. The van der Waals surface area contributed by atoms with Crippen molar-refractivity contribution in [3.8, 4) is 0 Å². The van der Waals surface area contributed by atoms with E-state index < -0.39 is 0 Å². The first-order chi connectivity index (χ1) is 13.6. The van der Waals surface area contributed by atoms with E-state index in [4.69, 9.17) is 11.6 Å². The van der Waals surface area contributed by atoms with Gasteiger partial charge >= 0.3 is 0 Å². The van der Waals surface area contributed by atoms with E-state index in [1.54, 1.807) is 36.4 Å². The highest BCUT2D eigenvalue weighted by molar-refractivity contribution is 6.30. The van der Waals surface area contributed by atoms with E-state index in [0.29, 0.717) is 16.3 Å². The predicted octanol–water partition coefficient (Wildman–Crippen LogP) is 3.46. The number of anilines is 1. The third-order valence-corrected chi connectivity index (χ3v) is 4.60. The highest BCUT2D eigenvalue weighted by Crippen LogP contribution is 2.22. The topological polar surface area (TPSA) is 78.5 Å². The summed E-state index contributed by atoms with van der Waals surface area (Å²) in [7, 11) is 1.51. The number of nitrogens with zero attached hydrogens (tertiary/aromatic N) is 1. The second-order valence-electron chi connectivity index (χ2n) is 7.81. The molecule has 2 aromatic carbocycles. The first kappa shape index (κ1) is 22.4. The summed E-state index contributed by atoms with van der Waals surface area (Å²) >= 11 is 5.81. The van der Waals surface area contributed by atoms with Crippen LogP contribution in [0.3, 0.4) is 0 Å². The summed E-state index contributed by atoms with van der Waals surface area (Å²) in [6.45, 7) is 5.97. The summed E-state index contributed by atoms with van der Waals surface area (Å²) in [4.78, 5) is 37.8. The Morgan fingerprint density at radius 1 is 0.966 bits per heavy atom. The number of benzene rings is 2. The zero-order valence-corrected chi connectivity index (χ0v) is 17.8. The molecular weight excluding hydrogens is 390 g/mol. The van der Waals surface area contributed by atoms with E-state index in [2.05, 4.69) is 31.4 Å². The summed E-state index contributed by atoms with van der Waals surface area (Å²) in [5.74, 6) is -1.04. The summed E-state index contributed by atoms with van der Waals surface area (Å²) < 4.78 is 0. The van der Waals surface area contributed by atoms with Gasteiger partial charge < -0.3 is 15.5 Å². The van der Waals surface area contributed by atoms with Crippen LogP contribution in [-0.2, 0) is 15.0 Å². The molecule has 0 atom stereocenters. The molecule has 0 spiro atoms. The molecule has 2 aromatic rings. The Hall–Kier alpha value is -2.86. The molecule has 6 nitrogen and oxygen atoms in total. The lowest BCUT2D eigenvalue weighted by atomic mass is 9.87. The van der Waals surface area contributed by atoms with Crippen LogP contribution in [0, 0.1) is 0 Å². The van der Waals surface area contributed by atoms with Gasteiger partial charge in [-0.2, -0.15) is 0 Å². The number of hydrogen-bond acceptors (Lipinski definition) is 3. The molecule has 0 heterocycles. The zero-order chi connectivity index (χ0) is 21.6. The maximum absolute atomic E-state index is 12.3. The summed E-state index contributed by atoms with van der Waals surface area (Å²) in [5.41, 5.74) is 2.19. The molecule has 3 amide bonds. The van der Waals surface area contributed by atoms with Crippen molar-refractivity contribution in [1.29, 1.82) is 0 Å². The first-order valence-corrected chi connectivity index (χ1v) is 9.62. The minimum atomic E-state index is -0.365. The van der Waals surface area contributed by atoms with Gasteiger partial charge in [0.05, 0.1) is 13.1 Å². The Labute approximate surface area is 176 Å². The molecule has 0 unspecified atom stereocenters. The molecule has 0 aliphatic carbocycles. The number of rotatable bonds is 6. The average Bonchev–Trinajstić information content (AvgIpc) is 2.67. The predicted molar refractivity (Wildman–Crippen MR) is 115 cm³/mol. The molecule has 154 valence electrons. The van der Waals surface area contributed by atoms with Gasteiger partial charge in [0, 0.05) is 23.3 Å². The molecule has 0 saturated carbocycles. The molecule has 0 fully saturated rings. The minimum Gasteiger partial charge on any atom is -0.343 e. The third-order valence-electron chi connectivity index (χ3n) is 4.35. The van der Waals surface area contributed by atoms with Crippen molar-refractivity contribution in [3.63, 3.8) is 0 Å². The molecule has 7 heteroatoms. The third kappa shape index (κ3) is 6.91. The van der Waals surface area contributed by atoms with Crippen LogP contribution in [0.25, 0.3) is 0 Å². The van der Waals surface area contributed by atoms with E-state index in [9.17, 15) is 14.4 Å². The Bertz CT molecular complexity index is 872. The van der Waals surface area contributed by atoms with Gasteiger partial charge in [0.1, 0.15) is 0 Å². The van der Waals surface area contributed by atoms with Crippen molar-refractivity contribution in [3.05, 3.63) is 64.7 Å². The molecule has 2 rings (SSSR count). The van der Waals surface area contributed by atoms with Gasteiger partial charge in [0.2, 0.25) is 11.8 Å². The molecule has 2 N–H and O–H groups in total. The fourth-order valence-electron chi connectivity index (χ4n) is 2.55. The molecular formula is C22H26ClN3O3. The Kier molecular flexibility index (Phi) is 7.40. The Morgan fingerprint density at radius 2 is 1.55 bits per heavy atom. The number of amides is 3. The lowest BCUT2D eigenvalue weighted by molar-refractivity contribution is -0.132. The smallest absolute Gasteiger partial charge is 0.251 e. The molecule has 0 bridgehead atoms. The SMILES string of the molecule is CN(CC(=O)Nc1ccc(Cl)cc1)C(=O)CNC(=O)c1ccc(C(C)(C)C)cc1. The quantitative estimate of drug-likeness (QED) is 0.758. The van der Waals surface area contributed by atoms with Crippen LogP contribution < -0.4 is 10.6 Å². The Balaban J connectivity index is 1.82. The van der Waals surface area contributed by atoms with Crippen molar-refractivity contribution >= 4 is 35.0 Å². The molecule has 0 aliphatic rings. The van der Waals surface area contributed by atoms with E-state index in [1.165, 1.54) is 11.9 Å². The summed E-state index contributed by atoms with van der Waals surface area (Å²) in [5, 5.41) is 5.84. The Morgan fingerprint density at radius 3 is 2.10 bits per heavy atom. The number of carbonyl (C=O) groups is 3. The fraction of sp³-hybridized carbons (Fsp3) is 0.318. The van der Waals surface area contributed by atoms with Crippen LogP contribution in [-0.4, -0.2) is 42.8 Å². The van der Waals surface area contributed by atoms with Crippen molar-refractivity contribution in [2.45, 2.75) is 26.2 Å². The van der Waals surface area contributed by atoms with E-state index in [1.807, 2.05) is 12.1 Å². The van der Waals surface area contributed by atoms with Gasteiger partial charge in [-0.3, -0.25) is 14.4 Å². The van der Waals surface area contributed by atoms with Crippen molar-refractivity contribution in [2.24, 2.45) is 0 Å². The summed E-state index contributed by atoms with van der Waals surface area (Å²) in [6, 6.07) is 14.0. The number of hydrogen-bond donors (Lipinski definition) is 2. The second-order valence-corrected chi connectivity index (χ2v) is 8.25. The lowest BCUT2D eigenvalue weighted by Crippen LogP contribution is -2.41. The minimum absolute atomic E-state index is 0.000266. The largest absolute Gasteiger partial charge is 0.343 e. The van der Waals surface area contributed by atoms with Gasteiger partial charge in [-0.05, 0) is 47.4 Å². The van der Waals surface area contributed by atoms with Crippen molar-refractivity contribution < 1.29 is 14.4 Å².